The van der Waals surface area contributed by atoms with Crippen molar-refractivity contribution in [2.24, 2.45) is 23.2 Å². The molecule has 4 aliphatic rings. The Morgan fingerprint density at radius 1 is 1.03 bits per heavy atom. The number of hydrogen-bond donors (Lipinski definition) is 1. The normalized spacial score (nSPS) is 26.9. The number of likely N-dealkylation sites (tertiary alicyclic amines) is 1. The fourth-order valence-electron chi connectivity index (χ4n) is 6.49. The van der Waals surface area contributed by atoms with Crippen LogP contribution in [-0.4, -0.2) is 41.6 Å². The number of rotatable bonds is 7. The fourth-order valence-corrected chi connectivity index (χ4v) is 6.49. The monoisotopic (exact) mass is 464 g/mol. The Balaban J connectivity index is 1.26. The molecule has 3 atom stereocenters. The van der Waals surface area contributed by atoms with Gasteiger partial charge in [-0.2, -0.15) is 0 Å². The summed E-state index contributed by atoms with van der Waals surface area (Å²) in [6.45, 7) is 5.47. The molecule has 2 amide bonds. The van der Waals surface area contributed by atoms with Gasteiger partial charge in [0.25, 0.3) is 5.91 Å². The molecule has 3 saturated carbocycles. The maximum absolute atomic E-state index is 13.3. The summed E-state index contributed by atoms with van der Waals surface area (Å²) in [4.78, 5) is 41.3. The van der Waals surface area contributed by atoms with Gasteiger partial charge in [0.1, 0.15) is 0 Å². The Morgan fingerprint density at radius 3 is 2.47 bits per heavy atom. The smallest absolute Gasteiger partial charge is 0.251 e. The number of piperidine rings is 1. The first-order chi connectivity index (χ1) is 16.4. The largest absolute Gasteiger partial charge is 0.342 e. The summed E-state index contributed by atoms with van der Waals surface area (Å²) in [5.41, 5.74) is 2.15. The highest BCUT2D eigenvalue weighted by molar-refractivity contribution is 5.98. The van der Waals surface area contributed by atoms with Crippen molar-refractivity contribution in [1.29, 1.82) is 0 Å². The lowest BCUT2D eigenvalue weighted by Gasteiger charge is -2.33. The fraction of sp³-hybridized carbons (Fsp3) is 0.690. The highest BCUT2D eigenvalue weighted by Crippen LogP contribution is 2.71. The second-order valence-electron chi connectivity index (χ2n) is 11.8. The van der Waals surface area contributed by atoms with Gasteiger partial charge in [-0.15, -0.1) is 0 Å². The van der Waals surface area contributed by atoms with Gasteiger partial charge in [-0.1, -0.05) is 45.2 Å². The molecule has 3 unspecified atom stereocenters. The van der Waals surface area contributed by atoms with E-state index in [4.69, 9.17) is 0 Å². The van der Waals surface area contributed by atoms with Gasteiger partial charge < -0.3 is 10.2 Å². The summed E-state index contributed by atoms with van der Waals surface area (Å²) in [6, 6.07) is 7.49. The van der Waals surface area contributed by atoms with E-state index in [1.54, 1.807) is 0 Å². The van der Waals surface area contributed by atoms with Gasteiger partial charge in [-0.3, -0.25) is 14.4 Å². The van der Waals surface area contributed by atoms with Crippen molar-refractivity contribution < 1.29 is 14.4 Å². The average molecular weight is 465 g/mol. The molecule has 0 bridgehead atoms. The van der Waals surface area contributed by atoms with Crippen molar-refractivity contribution in [3.8, 4) is 0 Å². The molecular formula is C29H40N2O3. The number of amides is 2. The number of benzene rings is 1. The first-order valence-corrected chi connectivity index (χ1v) is 13.6. The van der Waals surface area contributed by atoms with Gasteiger partial charge in [0.15, 0.2) is 5.78 Å². The third-order valence-corrected chi connectivity index (χ3v) is 9.02. The van der Waals surface area contributed by atoms with Crippen LogP contribution in [0.1, 0.15) is 99.9 Å². The minimum atomic E-state index is -0.396. The molecule has 0 aromatic heterocycles. The molecular weight excluding hydrogens is 424 g/mol. The van der Waals surface area contributed by atoms with Gasteiger partial charge in [-0.25, -0.2) is 0 Å². The van der Waals surface area contributed by atoms with Crippen LogP contribution in [0.4, 0.5) is 0 Å². The molecule has 5 rings (SSSR count). The predicted octanol–water partition coefficient (Wildman–Crippen LogP) is 5.10. The number of ketones is 1. The molecule has 1 heterocycles. The van der Waals surface area contributed by atoms with Gasteiger partial charge >= 0.3 is 0 Å². The van der Waals surface area contributed by atoms with Crippen LogP contribution >= 0.6 is 0 Å². The van der Waals surface area contributed by atoms with E-state index in [-0.39, 0.29) is 35.4 Å². The standard InChI is InChI=1S/C29H40N2O3/c1-19(2)26(32)25(20-8-4-3-5-9-20)30-27(33)22-11-6-10-21(16-22)23-12-7-15-31(18-23)28(34)24-17-29(24)13-14-29/h6,10-11,16,19-20,23-25H,3-5,7-9,12-15,17-18H2,1-2H3,(H,30,33). The summed E-state index contributed by atoms with van der Waals surface area (Å²) in [6.07, 6.45) is 11.1. The third-order valence-electron chi connectivity index (χ3n) is 9.02. The third kappa shape index (κ3) is 4.81. The molecule has 1 saturated heterocycles. The highest BCUT2D eigenvalue weighted by atomic mass is 16.2. The van der Waals surface area contributed by atoms with Crippen molar-refractivity contribution in [2.45, 2.75) is 90.0 Å². The van der Waals surface area contributed by atoms with E-state index in [0.717, 1.165) is 63.6 Å². The number of carbonyl (C=O) groups is 3. The molecule has 4 fully saturated rings. The van der Waals surface area contributed by atoms with E-state index in [0.29, 0.717) is 16.9 Å². The van der Waals surface area contributed by atoms with Crippen LogP contribution in [0.25, 0.3) is 0 Å². The second kappa shape index (κ2) is 9.47. The van der Waals surface area contributed by atoms with Gasteiger partial charge in [0.05, 0.1) is 6.04 Å². The molecule has 34 heavy (non-hydrogen) atoms. The minimum Gasteiger partial charge on any atom is -0.342 e. The predicted molar refractivity (Wildman–Crippen MR) is 132 cm³/mol. The first kappa shape index (κ1) is 23.6. The lowest BCUT2D eigenvalue weighted by Crippen LogP contribution is -2.48. The molecule has 0 radical (unpaired) electrons. The molecule has 1 aromatic rings. The SMILES string of the molecule is CC(C)C(=O)C(NC(=O)c1cccc(C2CCCN(C(=O)C3CC34CC4)C2)c1)C1CCCCC1. The zero-order valence-electron chi connectivity index (χ0n) is 20.9. The van der Waals surface area contributed by atoms with E-state index in [9.17, 15) is 14.4 Å². The summed E-state index contributed by atoms with van der Waals surface area (Å²) in [5.74, 6) is 1.05. The summed E-state index contributed by atoms with van der Waals surface area (Å²) in [5, 5.41) is 3.13. The summed E-state index contributed by atoms with van der Waals surface area (Å²) >= 11 is 0. The zero-order chi connectivity index (χ0) is 23.9. The molecule has 5 nitrogen and oxygen atoms in total. The zero-order valence-corrected chi connectivity index (χ0v) is 20.9. The van der Waals surface area contributed by atoms with Crippen LogP contribution in [-0.2, 0) is 9.59 Å². The Hall–Kier alpha value is -2.17. The van der Waals surface area contributed by atoms with Gasteiger partial charge in [0.2, 0.25) is 5.91 Å². The molecule has 5 heteroatoms. The number of hydrogen-bond acceptors (Lipinski definition) is 3. The van der Waals surface area contributed by atoms with E-state index in [2.05, 4.69) is 16.3 Å². The van der Waals surface area contributed by atoms with Gasteiger partial charge in [-0.05, 0) is 74.0 Å². The van der Waals surface area contributed by atoms with Crippen LogP contribution in [0, 0.1) is 23.2 Å². The molecule has 1 aliphatic heterocycles. The molecule has 1 spiro atoms. The summed E-state index contributed by atoms with van der Waals surface area (Å²) < 4.78 is 0. The summed E-state index contributed by atoms with van der Waals surface area (Å²) in [7, 11) is 0. The van der Waals surface area contributed by atoms with Crippen molar-refractivity contribution in [3.63, 3.8) is 0 Å². The second-order valence-corrected chi connectivity index (χ2v) is 11.8. The Labute approximate surface area is 204 Å². The van der Waals surface area contributed by atoms with Gasteiger partial charge in [0, 0.05) is 36.4 Å². The minimum absolute atomic E-state index is 0.0921. The van der Waals surface area contributed by atoms with Crippen molar-refractivity contribution in [3.05, 3.63) is 35.4 Å². The van der Waals surface area contributed by atoms with Crippen LogP contribution in [0.2, 0.25) is 0 Å². The lowest BCUT2D eigenvalue weighted by molar-refractivity contribution is -0.134. The van der Waals surface area contributed by atoms with E-state index >= 15 is 0 Å². The quantitative estimate of drug-likeness (QED) is 0.611. The molecule has 1 aromatic carbocycles. The van der Waals surface area contributed by atoms with Crippen molar-refractivity contribution in [1.82, 2.24) is 10.2 Å². The molecule has 3 aliphatic carbocycles. The number of carbonyl (C=O) groups excluding carboxylic acids is 3. The van der Waals surface area contributed by atoms with E-state index < -0.39 is 6.04 Å². The van der Waals surface area contributed by atoms with Crippen LogP contribution < -0.4 is 5.32 Å². The highest BCUT2D eigenvalue weighted by Gasteiger charge is 2.66. The average Bonchev–Trinajstić information content (AvgIpc) is 3.80. The Morgan fingerprint density at radius 2 is 1.79 bits per heavy atom. The maximum Gasteiger partial charge on any atom is 0.251 e. The first-order valence-electron chi connectivity index (χ1n) is 13.6. The topological polar surface area (TPSA) is 66.5 Å². The van der Waals surface area contributed by atoms with E-state index in [1.165, 1.54) is 19.3 Å². The van der Waals surface area contributed by atoms with Crippen molar-refractivity contribution in [2.75, 3.05) is 13.1 Å². The number of nitrogens with one attached hydrogen (secondary N) is 1. The number of Topliss-reactive ketones (excluding diaryl/α,β-unsaturated/α-hetero) is 1. The lowest BCUT2D eigenvalue weighted by atomic mass is 9.80. The van der Waals surface area contributed by atoms with Crippen LogP contribution in [0.15, 0.2) is 24.3 Å². The Kier molecular flexibility index (Phi) is 6.56. The van der Waals surface area contributed by atoms with Crippen molar-refractivity contribution >= 4 is 17.6 Å². The molecule has 184 valence electrons. The number of nitrogens with zero attached hydrogens (tertiary/aromatic N) is 1. The van der Waals surface area contributed by atoms with Crippen LogP contribution in [0.5, 0.6) is 0 Å². The maximum atomic E-state index is 13.3. The Bertz CT molecular complexity index is 944. The van der Waals surface area contributed by atoms with Crippen LogP contribution in [0.3, 0.4) is 0 Å². The molecule has 1 N–H and O–H groups in total. The van der Waals surface area contributed by atoms with E-state index in [1.807, 2.05) is 32.0 Å².